The Hall–Kier alpha value is -2.75. The van der Waals surface area contributed by atoms with Crippen LogP contribution in [0.15, 0.2) is 78.7 Å². The predicted octanol–water partition coefficient (Wildman–Crippen LogP) is 13.2. The van der Waals surface area contributed by atoms with Crippen molar-refractivity contribution in [1.82, 2.24) is 4.98 Å². The summed E-state index contributed by atoms with van der Waals surface area (Å²) in [7, 11) is 0. The predicted molar refractivity (Wildman–Crippen MR) is 217 cm³/mol. The molecule has 5 aromatic rings. The number of fused-ring (bicyclic) bond motifs is 2. The number of carbonyl (C=O) groups is 1. The maximum atomic E-state index is 13.4. The zero-order valence-corrected chi connectivity index (χ0v) is 38.0. The molecule has 0 spiro atoms. The van der Waals surface area contributed by atoms with Crippen LogP contribution in [-0.4, -0.2) is 42.5 Å². The smallest absolute Gasteiger partial charge is 0 e. The summed E-state index contributed by atoms with van der Waals surface area (Å²) < 4.78 is 42.8. The van der Waals surface area contributed by atoms with Gasteiger partial charge in [0, 0.05) is 38.0 Å². The number of halogens is 3. The normalized spacial score (nSPS) is 12.6. The molecule has 0 aliphatic rings. The van der Waals surface area contributed by atoms with Crippen LogP contribution in [0.4, 0.5) is 13.2 Å². The summed E-state index contributed by atoms with van der Waals surface area (Å²) in [4.78, 5) is 16.6. The van der Waals surface area contributed by atoms with Crippen molar-refractivity contribution < 1.29 is 43.2 Å². The number of allylic oxidation sites excluding steroid dienone is 2. The molecule has 0 bridgehead atoms. The summed E-state index contributed by atoms with van der Waals surface area (Å²) in [6.45, 7) is 19.5. The number of hydrogen-bond donors (Lipinski definition) is 1. The molecule has 5 rings (SSSR count). The fourth-order valence-corrected chi connectivity index (χ4v) is 10.5. The molecule has 3 aromatic carbocycles. The molecule has 54 heavy (non-hydrogen) atoms. The number of alkyl halides is 3. The first-order valence-electron chi connectivity index (χ1n) is 18.8. The van der Waals surface area contributed by atoms with E-state index < -0.39 is 32.0 Å². The monoisotopic (exact) mass is 1030 g/mol. The van der Waals surface area contributed by atoms with Crippen LogP contribution in [0.25, 0.3) is 40.0 Å². The molecule has 2 heterocycles. The van der Waals surface area contributed by atoms with Gasteiger partial charge in [-0.25, -0.2) is 0 Å². The molecule has 2 aromatic heterocycles. The Labute approximate surface area is 343 Å². The number of hydrogen-bond acceptors (Lipinski definition) is 3. The molecule has 0 unspecified atom stereocenters. The van der Waals surface area contributed by atoms with Crippen LogP contribution < -0.4 is 0 Å². The number of rotatable bonds is 11. The van der Waals surface area contributed by atoms with Crippen LogP contribution >= 0.6 is 0 Å². The minimum absolute atomic E-state index is 0. The van der Waals surface area contributed by atoms with Crippen molar-refractivity contribution >= 4 is 45.8 Å². The van der Waals surface area contributed by atoms with Gasteiger partial charge in [0.1, 0.15) is 0 Å². The molecule has 293 valence electrons. The van der Waals surface area contributed by atoms with Crippen molar-refractivity contribution in [3.8, 4) is 20.4 Å². The zero-order valence-electron chi connectivity index (χ0n) is 33.3. The van der Waals surface area contributed by atoms with Gasteiger partial charge in [0.2, 0.25) is 0 Å². The molecule has 3 nitrogen and oxygen atoms in total. The van der Waals surface area contributed by atoms with Crippen molar-refractivity contribution in [2.45, 2.75) is 113 Å². The minimum Gasteiger partial charge on any atom is 0 e. The van der Waals surface area contributed by atoms with E-state index in [4.69, 9.17) is 4.98 Å². The van der Waals surface area contributed by atoms with E-state index in [-0.39, 0.29) is 55.3 Å². The van der Waals surface area contributed by atoms with Crippen molar-refractivity contribution in [2.24, 2.45) is 17.3 Å². The van der Waals surface area contributed by atoms with Gasteiger partial charge in [-0.1, -0.05) is 27.7 Å². The van der Waals surface area contributed by atoms with E-state index in [1.807, 2.05) is 58.2 Å². The Morgan fingerprint density at radius 2 is 1.46 bits per heavy atom. The molecule has 0 atom stereocenters. The Morgan fingerprint density at radius 3 is 2.02 bits per heavy atom. The standard InChI is InChI=1S/C33H31F3NTe.C13H24O2.Ir/c1-20-25-15-16-37-28(24-17-23-9-7-8-10-26(23)27(18-24)31(2,3)4)30(25)38-29(20)22-13-11-21(12-14-22)19-32(5,6)33(34,35)36;1-5-10(6-2)12(14)9-13(15)11(7-3)8-4;/h7-16,18H,19H2,1-6H3;9-11,14H,5-8H2,1-4H3;/q-1;;/b;12-9-;. The Bertz CT molecular complexity index is 2050. The van der Waals surface area contributed by atoms with Crippen molar-refractivity contribution in [2.75, 3.05) is 0 Å². The minimum atomic E-state index is -4.24. The summed E-state index contributed by atoms with van der Waals surface area (Å²) in [5, 5.41) is 13.3. The molecule has 0 aliphatic carbocycles. The van der Waals surface area contributed by atoms with Crippen LogP contribution in [0.3, 0.4) is 0 Å². The van der Waals surface area contributed by atoms with Crippen LogP contribution in [0.2, 0.25) is 0 Å². The quantitative estimate of drug-likeness (QED) is 0.0621. The third-order valence-corrected chi connectivity index (χ3v) is 14.3. The van der Waals surface area contributed by atoms with Gasteiger partial charge in [0.15, 0.2) is 5.78 Å². The molecule has 0 fully saturated rings. The third-order valence-electron chi connectivity index (χ3n) is 10.4. The van der Waals surface area contributed by atoms with Gasteiger partial charge >= 0.3 is 233 Å². The topological polar surface area (TPSA) is 50.2 Å². The van der Waals surface area contributed by atoms with E-state index in [9.17, 15) is 23.1 Å². The number of carbonyl (C=O) groups excluding carboxylic acids is 1. The first kappa shape index (κ1) is 45.6. The second kappa shape index (κ2) is 18.9. The summed E-state index contributed by atoms with van der Waals surface area (Å²) in [6.07, 6.45) is 2.52. The summed E-state index contributed by atoms with van der Waals surface area (Å²) in [5.74, 6) is 0.547. The molecule has 0 aliphatic heterocycles. The van der Waals surface area contributed by atoms with E-state index in [0.29, 0.717) is 5.56 Å². The molecule has 0 amide bonds. The second-order valence-electron chi connectivity index (χ2n) is 15.7. The van der Waals surface area contributed by atoms with Gasteiger partial charge in [0.05, 0.1) is 5.76 Å². The molecule has 1 N–H and O–H groups in total. The van der Waals surface area contributed by atoms with Gasteiger partial charge in [-0.3, -0.25) is 4.79 Å². The van der Waals surface area contributed by atoms with Gasteiger partial charge in [-0.05, 0) is 25.7 Å². The zero-order chi connectivity index (χ0) is 39.3. The summed E-state index contributed by atoms with van der Waals surface area (Å²) in [5.41, 5.74) is 4.55. The maximum Gasteiger partial charge on any atom is 0 e. The van der Waals surface area contributed by atoms with Crippen LogP contribution in [-0.2, 0) is 36.7 Å². The van der Waals surface area contributed by atoms with Crippen LogP contribution in [0, 0.1) is 30.2 Å². The molecule has 1 radical (unpaired) electrons. The number of aryl methyl sites for hydroxylation is 1. The van der Waals surface area contributed by atoms with E-state index in [0.717, 1.165) is 47.9 Å². The van der Waals surface area contributed by atoms with Crippen molar-refractivity contribution in [3.05, 3.63) is 101 Å². The average molecular weight is 1030 g/mol. The van der Waals surface area contributed by atoms with Crippen LogP contribution in [0.5, 0.6) is 0 Å². The van der Waals surface area contributed by atoms with Gasteiger partial charge in [0.25, 0.3) is 0 Å². The van der Waals surface area contributed by atoms with E-state index in [1.165, 1.54) is 48.8 Å². The molecule has 8 heteroatoms. The van der Waals surface area contributed by atoms with Crippen molar-refractivity contribution in [1.29, 1.82) is 0 Å². The van der Waals surface area contributed by atoms with Gasteiger partial charge in [-0.15, -0.1) is 0 Å². The average Bonchev–Trinajstić information content (AvgIpc) is 3.44. The van der Waals surface area contributed by atoms with Gasteiger partial charge in [-0.2, -0.15) is 0 Å². The summed E-state index contributed by atoms with van der Waals surface area (Å²) >= 11 is -0.760. The Balaban J connectivity index is 0.000000418. The number of pyridine rings is 1. The number of aliphatic hydroxyl groups is 1. The van der Waals surface area contributed by atoms with E-state index in [2.05, 4.69) is 70.2 Å². The molecule has 0 saturated carbocycles. The van der Waals surface area contributed by atoms with E-state index >= 15 is 0 Å². The maximum absolute atomic E-state index is 13.4. The second-order valence-corrected chi connectivity index (χ2v) is 18.7. The fraction of sp³-hybridized carbons (Fsp3) is 0.435. The number of nitrogens with zero attached hydrogens (tertiary/aromatic N) is 1. The first-order chi connectivity index (χ1) is 24.9. The number of ketones is 1. The van der Waals surface area contributed by atoms with E-state index in [1.54, 1.807) is 0 Å². The van der Waals surface area contributed by atoms with Gasteiger partial charge < -0.3 is 5.11 Å². The number of aromatic nitrogens is 1. The first-order valence-corrected chi connectivity index (χ1v) is 21.1. The molecular formula is C46H55F3IrNO2Te-. The van der Waals surface area contributed by atoms with Crippen LogP contribution in [0.1, 0.15) is 105 Å². The molecule has 0 saturated heterocycles. The Kier molecular flexibility index (Phi) is 16.0. The van der Waals surface area contributed by atoms with Crippen molar-refractivity contribution in [3.63, 3.8) is 0 Å². The third kappa shape index (κ3) is 10.5. The fourth-order valence-electron chi connectivity index (χ4n) is 6.76. The summed E-state index contributed by atoms with van der Waals surface area (Å²) in [6, 6.07) is 24.1. The number of aliphatic hydroxyl groups excluding tert-OH is 1. The Morgan fingerprint density at radius 1 is 0.870 bits per heavy atom. The number of benzene rings is 3. The largest absolute Gasteiger partial charge is 0 e. The SMILES string of the molecule is CCC(CC)C(=O)/C=C(\O)C(CC)CC.Cc1c(-c2ccc(CC(C)(C)C(F)(F)F)cc2)[te]c2c(-c3[c-]c4ccccc4c(C(C)(C)C)c3)nccc12.[Ir]. The molecular weight excluding hydrogens is 975 g/mol.